The molecule has 0 heterocycles. The van der Waals surface area contributed by atoms with Gasteiger partial charge in [0.15, 0.2) is 0 Å². The van der Waals surface area contributed by atoms with E-state index in [2.05, 4.69) is 27.2 Å². The van der Waals surface area contributed by atoms with Gasteiger partial charge in [-0.3, -0.25) is 0 Å². The Kier molecular flexibility index (Phi) is 0.911. The Morgan fingerprint density at radius 3 is 2.00 bits per heavy atom. The quantitative estimate of drug-likeness (QED) is 0.435. The molecule has 1 unspecified atom stereocenters. The molecular weight excluding hydrogens is 84.1 g/mol. The molecule has 0 aliphatic heterocycles. The van der Waals surface area contributed by atoms with E-state index in [1.807, 2.05) is 0 Å². The molecule has 1 saturated carbocycles. The molecule has 0 heteroatoms. The van der Waals surface area contributed by atoms with Crippen molar-refractivity contribution in [2.24, 2.45) is 11.3 Å². The van der Waals surface area contributed by atoms with Gasteiger partial charge < -0.3 is 0 Å². The second kappa shape index (κ2) is 1.24. The first-order valence-electron chi connectivity index (χ1n) is 2.96. The van der Waals surface area contributed by atoms with Crippen LogP contribution >= 0.6 is 0 Å². The first-order valence-corrected chi connectivity index (χ1v) is 2.96. The van der Waals surface area contributed by atoms with Gasteiger partial charge in [-0.1, -0.05) is 20.8 Å². The topological polar surface area (TPSA) is 0 Å². The zero-order valence-corrected chi connectivity index (χ0v) is 5.36. The van der Waals surface area contributed by atoms with Gasteiger partial charge in [0.1, 0.15) is 0 Å². The summed E-state index contributed by atoms with van der Waals surface area (Å²) >= 11 is 0. The second-order valence-electron chi connectivity index (χ2n) is 3.22. The van der Waals surface area contributed by atoms with Crippen LogP contribution < -0.4 is 0 Å². The molecule has 0 saturated heterocycles. The molecule has 1 rings (SSSR count). The van der Waals surface area contributed by atoms with E-state index >= 15 is 0 Å². The van der Waals surface area contributed by atoms with Crippen LogP contribution in [0.25, 0.3) is 0 Å². The van der Waals surface area contributed by atoms with E-state index in [9.17, 15) is 0 Å². The van der Waals surface area contributed by atoms with Crippen LogP contribution in [-0.4, -0.2) is 0 Å². The minimum Gasteiger partial charge on any atom is -0.0617 e. The van der Waals surface area contributed by atoms with Crippen molar-refractivity contribution in [3.63, 3.8) is 0 Å². The summed E-state index contributed by atoms with van der Waals surface area (Å²) in [6.07, 6.45) is 3.69. The summed E-state index contributed by atoms with van der Waals surface area (Å²) in [4.78, 5) is 0. The second-order valence-corrected chi connectivity index (χ2v) is 3.22. The van der Waals surface area contributed by atoms with Crippen LogP contribution in [0.1, 0.15) is 27.2 Å². The Bertz CT molecular complexity index is 72.1. The highest BCUT2D eigenvalue weighted by atomic mass is 14.4. The summed E-state index contributed by atoms with van der Waals surface area (Å²) in [6.45, 7) is 6.92. The highest BCUT2D eigenvalue weighted by molar-refractivity contribution is 4.98. The standard InChI is InChI=1S/C7H13/c1-6-4-5-7(6,2)3/h4,6H,5H2,1-3H3. The van der Waals surface area contributed by atoms with Crippen molar-refractivity contribution in [2.75, 3.05) is 0 Å². The fraction of sp³-hybridized carbons (Fsp3) is 0.857. The maximum atomic E-state index is 2.38. The third-order valence-electron chi connectivity index (χ3n) is 2.23. The smallest absolute Gasteiger partial charge is 0.0323 e. The van der Waals surface area contributed by atoms with Gasteiger partial charge in [-0.05, 0) is 24.2 Å². The molecule has 0 N–H and O–H groups in total. The number of rotatable bonds is 0. The summed E-state index contributed by atoms with van der Waals surface area (Å²) in [5.74, 6) is 0.854. The minimum absolute atomic E-state index is 0.625. The molecule has 0 nitrogen and oxygen atoms in total. The van der Waals surface area contributed by atoms with Crippen molar-refractivity contribution >= 4 is 0 Å². The van der Waals surface area contributed by atoms with Gasteiger partial charge >= 0.3 is 0 Å². The monoisotopic (exact) mass is 97.1 g/mol. The molecule has 0 spiro atoms. The molecule has 1 aliphatic carbocycles. The molecule has 1 aliphatic rings. The van der Waals surface area contributed by atoms with E-state index in [4.69, 9.17) is 0 Å². The van der Waals surface area contributed by atoms with Crippen LogP contribution in [0, 0.1) is 17.8 Å². The normalized spacial score (nSPS) is 37.3. The van der Waals surface area contributed by atoms with Crippen LogP contribution in [0.5, 0.6) is 0 Å². The van der Waals surface area contributed by atoms with E-state index in [1.54, 1.807) is 0 Å². The number of hydrogen-bond acceptors (Lipinski definition) is 0. The lowest BCUT2D eigenvalue weighted by Crippen LogP contribution is -2.32. The summed E-state index contributed by atoms with van der Waals surface area (Å²) in [6, 6.07) is 0. The minimum atomic E-state index is 0.625. The maximum Gasteiger partial charge on any atom is -0.0323 e. The zero-order chi connectivity index (χ0) is 5.49. The third-order valence-corrected chi connectivity index (χ3v) is 2.23. The fourth-order valence-corrected chi connectivity index (χ4v) is 0.825. The molecule has 1 fully saturated rings. The SMILES string of the molecule is CC1[CH]CC1(C)C. The average molecular weight is 97.2 g/mol. The van der Waals surface area contributed by atoms with E-state index in [0.29, 0.717) is 5.41 Å². The Hall–Kier alpha value is 0. The predicted octanol–water partition coefficient (Wildman–Crippen LogP) is 2.26. The molecule has 0 bridgehead atoms. The van der Waals surface area contributed by atoms with Gasteiger partial charge in [0.2, 0.25) is 0 Å². The van der Waals surface area contributed by atoms with E-state index in [-0.39, 0.29) is 0 Å². The predicted molar refractivity (Wildman–Crippen MR) is 31.9 cm³/mol. The highest BCUT2D eigenvalue weighted by Crippen LogP contribution is 2.44. The van der Waals surface area contributed by atoms with Crippen molar-refractivity contribution in [2.45, 2.75) is 27.2 Å². The van der Waals surface area contributed by atoms with Crippen LogP contribution in [0.15, 0.2) is 0 Å². The van der Waals surface area contributed by atoms with Gasteiger partial charge in [0.05, 0.1) is 0 Å². The summed E-state index contributed by atoms with van der Waals surface area (Å²) in [7, 11) is 0. The van der Waals surface area contributed by atoms with E-state index < -0.39 is 0 Å². The van der Waals surface area contributed by atoms with Crippen LogP contribution in [0.3, 0.4) is 0 Å². The van der Waals surface area contributed by atoms with Crippen molar-refractivity contribution in [1.29, 1.82) is 0 Å². The van der Waals surface area contributed by atoms with Gasteiger partial charge in [-0.2, -0.15) is 0 Å². The van der Waals surface area contributed by atoms with Gasteiger partial charge in [0.25, 0.3) is 0 Å². The third kappa shape index (κ3) is 0.667. The van der Waals surface area contributed by atoms with Crippen molar-refractivity contribution < 1.29 is 0 Å². The molecule has 0 aromatic heterocycles. The first kappa shape index (κ1) is 5.14. The summed E-state index contributed by atoms with van der Waals surface area (Å²) in [5, 5.41) is 0. The highest BCUT2D eigenvalue weighted by Gasteiger charge is 2.34. The lowest BCUT2D eigenvalue weighted by Gasteiger charge is -2.41. The molecule has 7 heavy (non-hydrogen) atoms. The lowest BCUT2D eigenvalue weighted by atomic mass is 9.64. The summed E-state index contributed by atoms with van der Waals surface area (Å²) in [5.41, 5.74) is 0.625. The maximum absolute atomic E-state index is 2.38. The molecule has 41 valence electrons. The average Bonchev–Trinajstić information content (AvgIpc) is 1.63. The van der Waals surface area contributed by atoms with Gasteiger partial charge in [-0.15, -0.1) is 0 Å². The number of hydrogen-bond donors (Lipinski definition) is 0. The van der Waals surface area contributed by atoms with Gasteiger partial charge in [0, 0.05) is 0 Å². The molecule has 1 atom stereocenters. The van der Waals surface area contributed by atoms with Crippen molar-refractivity contribution in [3.8, 4) is 0 Å². The fourth-order valence-electron chi connectivity index (χ4n) is 0.825. The molecule has 0 amide bonds. The van der Waals surface area contributed by atoms with E-state index in [0.717, 1.165) is 5.92 Å². The van der Waals surface area contributed by atoms with E-state index in [1.165, 1.54) is 6.42 Å². The Morgan fingerprint density at radius 1 is 1.57 bits per heavy atom. The Balaban J connectivity index is 2.43. The Labute approximate surface area is 45.9 Å². The summed E-state index contributed by atoms with van der Waals surface area (Å²) < 4.78 is 0. The van der Waals surface area contributed by atoms with Crippen LogP contribution in [0.2, 0.25) is 0 Å². The first-order chi connectivity index (χ1) is 3.13. The molecule has 0 aromatic rings. The zero-order valence-electron chi connectivity index (χ0n) is 5.36. The van der Waals surface area contributed by atoms with Crippen LogP contribution in [0.4, 0.5) is 0 Å². The van der Waals surface area contributed by atoms with Crippen molar-refractivity contribution in [3.05, 3.63) is 6.42 Å². The van der Waals surface area contributed by atoms with Crippen LogP contribution in [-0.2, 0) is 0 Å². The Morgan fingerprint density at radius 2 is 2.00 bits per heavy atom. The van der Waals surface area contributed by atoms with Gasteiger partial charge in [-0.25, -0.2) is 0 Å². The largest absolute Gasteiger partial charge is 0.0617 e. The van der Waals surface area contributed by atoms with Crippen molar-refractivity contribution in [1.82, 2.24) is 0 Å². The molecular formula is C7H13. The molecule has 1 radical (unpaired) electrons. The lowest BCUT2D eigenvalue weighted by molar-refractivity contribution is 0.164. The molecule has 0 aromatic carbocycles.